The van der Waals surface area contributed by atoms with Gasteiger partial charge in [-0.25, -0.2) is 0 Å². The molecule has 0 radical (unpaired) electrons. The fourth-order valence-electron chi connectivity index (χ4n) is 4.00. The Bertz CT molecular complexity index is 708. The highest BCUT2D eigenvalue weighted by atomic mass is 16.7. The molecular weight excluding hydrogens is 344 g/mol. The number of likely N-dealkylation sites (tertiary alicyclic amines) is 1. The number of nitrogens with zero attached hydrogens (tertiary/aromatic N) is 1. The lowest BCUT2D eigenvalue weighted by Crippen LogP contribution is -2.51. The van der Waals surface area contributed by atoms with Crippen molar-refractivity contribution in [3.63, 3.8) is 0 Å². The van der Waals surface area contributed by atoms with Gasteiger partial charge in [-0.2, -0.15) is 0 Å². The Labute approximate surface area is 160 Å². The number of nitrogens with one attached hydrogen (secondary N) is 1. The fraction of sp³-hybridized carbons (Fsp3) is 0.619. The van der Waals surface area contributed by atoms with Gasteiger partial charge in [0.1, 0.15) is 5.41 Å². The topological polar surface area (TPSA) is 67.9 Å². The predicted octanol–water partition coefficient (Wildman–Crippen LogP) is 2.89. The van der Waals surface area contributed by atoms with Gasteiger partial charge in [-0.05, 0) is 36.5 Å². The Balaban J connectivity index is 1.38. The second-order valence-electron chi connectivity index (χ2n) is 8.21. The van der Waals surface area contributed by atoms with E-state index in [1.54, 1.807) is 0 Å². The Morgan fingerprint density at radius 1 is 1.00 bits per heavy atom. The van der Waals surface area contributed by atoms with Crippen LogP contribution in [0.25, 0.3) is 0 Å². The summed E-state index contributed by atoms with van der Waals surface area (Å²) >= 11 is 0. The molecule has 0 atom stereocenters. The van der Waals surface area contributed by atoms with Crippen LogP contribution in [0.2, 0.25) is 0 Å². The summed E-state index contributed by atoms with van der Waals surface area (Å²) in [4.78, 5) is 27.7. The third kappa shape index (κ3) is 3.48. The lowest BCUT2D eigenvalue weighted by Gasteiger charge is -2.38. The second kappa shape index (κ2) is 6.91. The monoisotopic (exact) mass is 372 g/mol. The number of anilines is 1. The van der Waals surface area contributed by atoms with Crippen LogP contribution in [0.15, 0.2) is 24.3 Å². The summed E-state index contributed by atoms with van der Waals surface area (Å²) in [6.07, 6.45) is 2.59. The number of benzene rings is 1. The molecule has 0 aromatic heterocycles. The molecule has 0 bridgehead atoms. The molecule has 0 unspecified atom stereocenters. The molecule has 4 rings (SSSR count). The Morgan fingerprint density at radius 2 is 1.59 bits per heavy atom. The maximum Gasteiger partial charge on any atom is 0.240 e. The van der Waals surface area contributed by atoms with Crippen LogP contribution >= 0.6 is 0 Å². The molecule has 2 amide bonds. The Kier molecular flexibility index (Phi) is 4.72. The minimum absolute atomic E-state index is 0.0494. The summed E-state index contributed by atoms with van der Waals surface area (Å²) in [6.45, 7) is 6.67. The largest absolute Gasteiger partial charge is 0.347 e. The first-order valence-electron chi connectivity index (χ1n) is 9.93. The van der Waals surface area contributed by atoms with E-state index in [0.717, 1.165) is 5.69 Å². The van der Waals surface area contributed by atoms with Gasteiger partial charge in [-0.15, -0.1) is 0 Å². The average molecular weight is 372 g/mol. The number of piperidine rings is 1. The first kappa shape index (κ1) is 18.4. The van der Waals surface area contributed by atoms with E-state index >= 15 is 0 Å². The van der Waals surface area contributed by atoms with Crippen LogP contribution in [0.1, 0.15) is 51.0 Å². The molecule has 2 aliphatic heterocycles. The van der Waals surface area contributed by atoms with Gasteiger partial charge >= 0.3 is 0 Å². The van der Waals surface area contributed by atoms with Crippen molar-refractivity contribution in [1.82, 2.24) is 4.90 Å². The summed E-state index contributed by atoms with van der Waals surface area (Å²) < 4.78 is 11.4. The quantitative estimate of drug-likeness (QED) is 0.825. The van der Waals surface area contributed by atoms with E-state index in [1.807, 2.05) is 29.2 Å². The molecule has 3 fully saturated rings. The lowest BCUT2D eigenvalue weighted by atomic mass is 9.98. The van der Waals surface area contributed by atoms with Crippen molar-refractivity contribution in [1.29, 1.82) is 0 Å². The highest BCUT2D eigenvalue weighted by molar-refractivity contribution is 6.13. The molecule has 6 nitrogen and oxygen atoms in total. The van der Waals surface area contributed by atoms with Crippen molar-refractivity contribution in [2.45, 2.75) is 51.2 Å². The van der Waals surface area contributed by atoms with Crippen LogP contribution in [0, 0.1) is 5.41 Å². The van der Waals surface area contributed by atoms with Gasteiger partial charge in [0, 0.05) is 31.6 Å². The summed E-state index contributed by atoms with van der Waals surface area (Å²) in [5, 5.41) is 2.94. The Hall–Kier alpha value is -1.92. The maximum atomic E-state index is 13.0. The van der Waals surface area contributed by atoms with E-state index in [-0.39, 0.29) is 11.8 Å². The van der Waals surface area contributed by atoms with Crippen LogP contribution in [0.5, 0.6) is 0 Å². The number of rotatable bonds is 4. The van der Waals surface area contributed by atoms with Crippen LogP contribution in [0.4, 0.5) is 5.69 Å². The third-order valence-corrected chi connectivity index (χ3v) is 6.06. The summed E-state index contributed by atoms with van der Waals surface area (Å²) in [5.41, 5.74) is 1.08. The first-order valence-corrected chi connectivity index (χ1v) is 9.93. The average Bonchev–Trinajstić information content (AvgIpc) is 3.37. The molecule has 2 saturated heterocycles. The molecule has 1 spiro atoms. The smallest absolute Gasteiger partial charge is 0.240 e. The maximum absolute atomic E-state index is 13.0. The van der Waals surface area contributed by atoms with Crippen molar-refractivity contribution in [2.24, 2.45) is 5.41 Å². The fourth-order valence-corrected chi connectivity index (χ4v) is 4.00. The van der Waals surface area contributed by atoms with Gasteiger partial charge in [-0.3, -0.25) is 9.59 Å². The van der Waals surface area contributed by atoms with Crippen molar-refractivity contribution in [2.75, 3.05) is 31.6 Å². The highest BCUT2D eigenvalue weighted by Gasteiger charge is 2.58. The summed E-state index contributed by atoms with van der Waals surface area (Å²) in [6, 6.07) is 7.86. The van der Waals surface area contributed by atoms with Crippen LogP contribution in [-0.4, -0.2) is 48.8 Å². The normalized spacial score (nSPS) is 22.9. The standard InChI is InChI=1S/C21H28N2O4/c1-15(2)16-3-5-17(6-4-16)22-18(24)20(7-8-20)19(25)23-11-9-21(10-12-23)26-13-14-27-21/h3-6,15H,7-14H2,1-2H3,(H,22,24). The third-order valence-electron chi connectivity index (χ3n) is 6.06. The number of hydrogen-bond donors (Lipinski definition) is 1. The van der Waals surface area contributed by atoms with Gasteiger partial charge in [0.15, 0.2) is 5.79 Å². The summed E-state index contributed by atoms with van der Waals surface area (Å²) in [7, 11) is 0. The number of hydrogen-bond acceptors (Lipinski definition) is 4. The first-order chi connectivity index (χ1) is 12.9. The molecule has 1 aliphatic carbocycles. The van der Waals surface area contributed by atoms with E-state index in [4.69, 9.17) is 9.47 Å². The number of carbonyl (C=O) groups is 2. The van der Waals surface area contributed by atoms with E-state index in [2.05, 4.69) is 19.2 Å². The molecule has 1 aromatic carbocycles. The van der Waals surface area contributed by atoms with Gasteiger partial charge in [-0.1, -0.05) is 26.0 Å². The molecule has 1 saturated carbocycles. The number of ether oxygens (including phenoxy) is 2. The van der Waals surface area contributed by atoms with Gasteiger partial charge in [0.05, 0.1) is 13.2 Å². The zero-order valence-corrected chi connectivity index (χ0v) is 16.1. The lowest BCUT2D eigenvalue weighted by molar-refractivity contribution is -0.188. The molecule has 1 N–H and O–H groups in total. The minimum Gasteiger partial charge on any atom is -0.347 e. The van der Waals surface area contributed by atoms with Crippen molar-refractivity contribution >= 4 is 17.5 Å². The van der Waals surface area contributed by atoms with E-state index in [1.165, 1.54) is 5.56 Å². The van der Waals surface area contributed by atoms with Gasteiger partial charge in [0.2, 0.25) is 11.8 Å². The van der Waals surface area contributed by atoms with Crippen molar-refractivity contribution in [3.8, 4) is 0 Å². The van der Waals surface area contributed by atoms with E-state index in [9.17, 15) is 9.59 Å². The molecule has 146 valence electrons. The van der Waals surface area contributed by atoms with Crippen molar-refractivity contribution in [3.05, 3.63) is 29.8 Å². The van der Waals surface area contributed by atoms with E-state index in [0.29, 0.717) is 57.9 Å². The number of amides is 2. The van der Waals surface area contributed by atoms with Crippen LogP contribution in [0.3, 0.4) is 0 Å². The zero-order valence-electron chi connectivity index (χ0n) is 16.1. The molecule has 3 aliphatic rings. The van der Waals surface area contributed by atoms with Crippen LogP contribution in [-0.2, 0) is 19.1 Å². The SMILES string of the molecule is CC(C)c1ccc(NC(=O)C2(C(=O)N3CCC4(CC3)OCCO4)CC2)cc1. The van der Waals surface area contributed by atoms with E-state index < -0.39 is 11.2 Å². The molecule has 27 heavy (non-hydrogen) atoms. The molecule has 1 aromatic rings. The molecule has 6 heteroatoms. The summed E-state index contributed by atoms with van der Waals surface area (Å²) in [5.74, 6) is -0.292. The number of carbonyl (C=O) groups excluding carboxylic acids is 2. The van der Waals surface area contributed by atoms with Gasteiger partial charge < -0.3 is 19.7 Å². The highest BCUT2D eigenvalue weighted by Crippen LogP contribution is 2.49. The molecular formula is C21H28N2O4. The van der Waals surface area contributed by atoms with Crippen LogP contribution < -0.4 is 5.32 Å². The second-order valence-corrected chi connectivity index (χ2v) is 8.21. The zero-order chi connectivity index (χ0) is 19.1. The minimum atomic E-state index is -0.890. The van der Waals surface area contributed by atoms with Crippen molar-refractivity contribution < 1.29 is 19.1 Å². The Morgan fingerprint density at radius 3 is 2.11 bits per heavy atom. The molecule has 2 heterocycles. The van der Waals surface area contributed by atoms with Gasteiger partial charge in [0.25, 0.3) is 0 Å². The predicted molar refractivity (Wildman–Crippen MR) is 101 cm³/mol.